The minimum atomic E-state index is -0.912. The van der Waals surface area contributed by atoms with Crippen molar-refractivity contribution in [1.29, 1.82) is 0 Å². The van der Waals surface area contributed by atoms with Gasteiger partial charge in [-0.1, -0.05) is 84.9 Å². The van der Waals surface area contributed by atoms with Crippen molar-refractivity contribution in [1.82, 2.24) is 5.32 Å². The maximum Gasteiger partial charge on any atom is 0.254 e. The number of nitrogens with one attached hydrogen (secondary N) is 1. The van der Waals surface area contributed by atoms with Crippen LogP contribution in [0.2, 0.25) is 0 Å². The molecule has 3 N–H and O–H groups in total. The van der Waals surface area contributed by atoms with Gasteiger partial charge in [0.25, 0.3) is 5.91 Å². The molecule has 3 aromatic rings. The minimum absolute atomic E-state index is 0.0855. The molecule has 6 nitrogen and oxygen atoms in total. The Morgan fingerprint density at radius 2 is 1.39 bits per heavy atom. The summed E-state index contributed by atoms with van der Waals surface area (Å²) in [6.07, 6.45) is -0.652. The van der Waals surface area contributed by atoms with E-state index in [9.17, 15) is 14.4 Å². The van der Waals surface area contributed by atoms with Crippen LogP contribution in [0.25, 0.3) is 0 Å². The molecule has 0 radical (unpaired) electrons. The molecule has 0 bridgehead atoms. The van der Waals surface area contributed by atoms with Gasteiger partial charge in [0.2, 0.25) is 5.91 Å². The van der Waals surface area contributed by atoms with Crippen molar-refractivity contribution in [3.05, 3.63) is 107 Å². The Kier molecular flexibility index (Phi) is 7.30. The van der Waals surface area contributed by atoms with Crippen molar-refractivity contribution >= 4 is 17.6 Å². The van der Waals surface area contributed by atoms with E-state index < -0.39 is 24.0 Å². The van der Waals surface area contributed by atoms with E-state index >= 15 is 0 Å². The highest BCUT2D eigenvalue weighted by molar-refractivity contribution is 6.08. The van der Waals surface area contributed by atoms with Gasteiger partial charge in [0.15, 0.2) is 11.9 Å². The number of amides is 2. The van der Waals surface area contributed by atoms with Gasteiger partial charge in [-0.05, 0) is 11.1 Å². The SMILES string of the molecule is CO[C@H](C(=O)N[C@H](Cc1ccc(C(=O)c2ccccc2)cc1)C(N)=O)c1ccccc1. The van der Waals surface area contributed by atoms with E-state index in [1.54, 1.807) is 60.7 Å². The lowest BCUT2D eigenvalue weighted by atomic mass is 9.99. The summed E-state index contributed by atoms with van der Waals surface area (Å²) in [6.45, 7) is 0. The summed E-state index contributed by atoms with van der Waals surface area (Å²) >= 11 is 0. The smallest absolute Gasteiger partial charge is 0.254 e. The first kappa shape index (κ1) is 21.9. The third-order valence-corrected chi connectivity index (χ3v) is 4.93. The Morgan fingerprint density at radius 3 is 1.94 bits per heavy atom. The number of ether oxygens (including phenoxy) is 1. The van der Waals surface area contributed by atoms with Crippen LogP contribution in [0.3, 0.4) is 0 Å². The van der Waals surface area contributed by atoms with Crippen molar-refractivity contribution in [2.24, 2.45) is 5.73 Å². The average Bonchev–Trinajstić information content (AvgIpc) is 2.80. The van der Waals surface area contributed by atoms with Gasteiger partial charge in [-0.15, -0.1) is 0 Å². The maximum atomic E-state index is 12.7. The predicted octanol–water partition coefficient (Wildman–Crippen LogP) is 2.82. The lowest BCUT2D eigenvalue weighted by Gasteiger charge is -2.20. The number of nitrogens with two attached hydrogens (primary N) is 1. The maximum absolute atomic E-state index is 12.7. The molecule has 0 aromatic heterocycles. The van der Waals surface area contributed by atoms with E-state index in [0.29, 0.717) is 16.7 Å². The van der Waals surface area contributed by atoms with Crippen LogP contribution in [0.4, 0.5) is 0 Å². The largest absolute Gasteiger partial charge is 0.368 e. The van der Waals surface area contributed by atoms with Gasteiger partial charge in [-0.25, -0.2) is 0 Å². The molecule has 158 valence electrons. The first-order valence-electron chi connectivity index (χ1n) is 9.85. The molecule has 6 heteroatoms. The molecule has 3 rings (SSSR count). The summed E-state index contributed by atoms with van der Waals surface area (Å²) in [7, 11) is 1.43. The molecule has 0 aliphatic heterocycles. The van der Waals surface area contributed by atoms with Crippen LogP contribution in [0.1, 0.15) is 33.2 Å². The molecule has 0 spiro atoms. The number of methoxy groups -OCH3 is 1. The van der Waals surface area contributed by atoms with Crippen LogP contribution < -0.4 is 11.1 Å². The summed E-state index contributed by atoms with van der Waals surface area (Å²) in [5.74, 6) is -1.19. The number of hydrogen-bond donors (Lipinski definition) is 2. The first-order chi connectivity index (χ1) is 15.0. The highest BCUT2D eigenvalue weighted by atomic mass is 16.5. The summed E-state index contributed by atoms with van der Waals surface area (Å²) in [4.78, 5) is 37.2. The summed E-state index contributed by atoms with van der Waals surface area (Å²) in [6, 6.07) is 24.0. The van der Waals surface area contributed by atoms with Gasteiger partial charge < -0.3 is 15.8 Å². The number of ketones is 1. The zero-order valence-corrected chi connectivity index (χ0v) is 17.2. The second-order valence-electron chi connectivity index (χ2n) is 7.09. The molecule has 0 fully saturated rings. The molecule has 3 aromatic carbocycles. The first-order valence-corrected chi connectivity index (χ1v) is 9.85. The van der Waals surface area contributed by atoms with Crippen LogP contribution in [0.15, 0.2) is 84.9 Å². The lowest BCUT2D eigenvalue weighted by Crippen LogP contribution is -2.47. The van der Waals surface area contributed by atoms with Crippen LogP contribution in [-0.4, -0.2) is 30.7 Å². The predicted molar refractivity (Wildman–Crippen MR) is 117 cm³/mol. The number of rotatable bonds is 9. The Hall–Kier alpha value is -3.77. The molecular formula is C25H24N2O4. The fourth-order valence-electron chi connectivity index (χ4n) is 3.28. The molecule has 2 atom stereocenters. The third-order valence-electron chi connectivity index (χ3n) is 4.93. The normalized spacial score (nSPS) is 12.5. The zero-order valence-electron chi connectivity index (χ0n) is 17.2. The van der Waals surface area contributed by atoms with E-state index in [1.807, 2.05) is 24.3 Å². The number of hydrogen-bond acceptors (Lipinski definition) is 4. The van der Waals surface area contributed by atoms with Crippen molar-refractivity contribution in [3.8, 4) is 0 Å². The van der Waals surface area contributed by atoms with Gasteiger partial charge >= 0.3 is 0 Å². The topological polar surface area (TPSA) is 98.5 Å². The number of benzene rings is 3. The van der Waals surface area contributed by atoms with E-state index in [2.05, 4.69) is 5.32 Å². The van der Waals surface area contributed by atoms with Crippen LogP contribution in [0.5, 0.6) is 0 Å². The molecule has 0 unspecified atom stereocenters. The van der Waals surface area contributed by atoms with Crippen LogP contribution >= 0.6 is 0 Å². The van der Waals surface area contributed by atoms with Gasteiger partial charge in [0.1, 0.15) is 6.04 Å². The summed E-state index contributed by atoms with van der Waals surface area (Å²) in [5.41, 5.74) is 8.10. The number of carbonyl (C=O) groups excluding carboxylic acids is 3. The Labute approximate surface area is 181 Å². The van der Waals surface area contributed by atoms with Gasteiger partial charge in [-0.2, -0.15) is 0 Å². The third kappa shape index (κ3) is 5.65. The van der Waals surface area contributed by atoms with Crippen molar-refractivity contribution < 1.29 is 19.1 Å². The Bertz CT molecular complexity index is 1030. The van der Waals surface area contributed by atoms with Crippen LogP contribution in [0, 0.1) is 0 Å². The molecule has 0 saturated heterocycles. The molecule has 2 amide bonds. The van der Waals surface area contributed by atoms with Gasteiger partial charge in [0.05, 0.1) is 0 Å². The van der Waals surface area contributed by atoms with E-state index in [4.69, 9.17) is 10.5 Å². The molecule has 0 aliphatic carbocycles. The second kappa shape index (κ2) is 10.3. The van der Waals surface area contributed by atoms with Crippen molar-refractivity contribution in [3.63, 3.8) is 0 Å². The van der Waals surface area contributed by atoms with E-state index in [0.717, 1.165) is 5.56 Å². The highest BCUT2D eigenvalue weighted by Crippen LogP contribution is 2.17. The quantitative estimate of drug-likeness (QED) is 0.524. The Morgan fingerprint density at radius 1 is 0.839 bits per heavy atom. The summed E-state index contributed by atoms with van der Waals surface area (Å²) in [5, 5.41) is 2.67. The number of primary amides is 1. The Balaban J connectivity index is 1.69. The van der Waals surface area contributed by atoms with Crippen LogP contribution in [-0.2, 0) is 20.7 Å². The number of carbonyl (C=O) groups is 3. The van der Waals surface area contributed by atoms with E-state index in [-0.39, 0.29) is 12.2 Å². The fourth-order valence-corrected chi connectivity index (χ4v) is 3.28. The standard InChI is InChI=1S/C25H24N2O4/c1-31-23(20-10-6-3-7-11-20)25(30)27-21(24(26)29)16-17-12-14-19(15-13-17)22(28)18-8-4-2-5-9-18/h2-15,21,23H,16H2,1H3,(H2,26,29)(H,27,30)/t21-,23+/m1/s1. The highest BCUT2D eigenvalue weighted by Gasteiger charge is 2.25. The summed E-state index contributed by atoms with van der Waals surface area (Å²) < 4.78 is 5.31. The fraction of sp³-hybridized carbons (Fsp3) is 0.160. The molecule has 0 saturated carbocycles. The lowest BCUT2D eigenvalue weighted by molar-refractivity contribution is -0.134. The van der Waals surface area contributed by atoms with Gasteiger partial charge in [-0.3, -0.25) is 14.4 Å². The van der Waals surface area contributed by atoms with Crippen molar-refractivity contribution in [2.45, 2.75) is 18.6 Å². The molecule has 0 aliphatic rings. The second-order valence-corrected chi connectivity index (χ2v) is 7.09. The van der Waals surface area contributed by atoms with E-state index in [1.165, 1.54) is 7.11 Å². The molecule has 0 heterocycles. The van der Waals surface area contributed by atoms with Crippen molar-refractivity contribution in [2.75, 3.05) is 7.11 Å². The molecule has 31 heavy (non-hydrogen) atoms. The monoisotopic (exact) mass is 416 g/mol. The average molecular weight is 416 g/mol. The zero-order chi connectivity index (χ0) is 22.2. The van der Waals surface area contributed by atoms with Gasteiger partial charge in [0, 0.05) is 24.7 Å². The minimum Gasteiger partial charge on any atom is -0.368 e. The molecular weight excluding hydrogens is 392 g/mol.